The van der Waals surface area contributed by atoms with Crippen LogP contribution in [-0.4, -0.2) is 29.8 Å². The summed E-state index contributed by atoms with van der Waals surface area (Å²) in [6.07, 6.45) is -2.67. The van der Waals surface area contributed by atoms with Crippen LogP contribution in [-0.2, 0) is 17.4 Å². The van der Waals surface area contributed by atoms with Crippen LogP contribution in [0.3, 0.4) is 0 Å². The van der Waals surface area contributed by atoms with Crippen molar-refractivity contribution in [3.63, 3.8) is 0 Å². The van der Waals surface area contributed by atoms with Crippen LogP contribution in [0.5, 0.6) is 0 Å². The summed E-state index contributed by atoms with van der Waals surface area (Å²) in [5, 5.41) is 0. The lowest BCUT2D eigenvalue weighted by Gasteiger charge is -2.23. The van der Waals surface area contributed by atoms with Crippen molar-refractivity contribution in [2.45, 2.75) is 45.3 Å². The minimum Gasteiger partial charge on any atom is -0.300 e. The molecule has 132 valence electrons. The maximum atomic E-state index is 12.7. The fourth-order valence-corrected chi connectivity index (χ4v) is 3.99. The molecule has 0 bridgehead atoms. The van der Waals surface area contributed by atoms with E-state index >= 15 is 0 Å². The van der Waals surface area contributed by atoms with Gasteiger partial charge in [0.2, 0.25) is 0 Å². The number of benzene rings is 1. The molecule has 0 spiro atoms. The third-order valence-corrected chi connectivity index (χ3v) is 5.47. The van der Waals surface area contributed by atoms with Gasteiger partial charge in [-0.15, -0.1) is 0 Å². The van der Waals surface area contributed by atoms with Gasteiger partial charge in [0.05, 0.1) is 5.56 Å². The second kappa shape index (κ2) is 6.51. The molecule has 0 amide bonds. The number of carbonyl (C=O) groups is 1. The summed E-state index contributed by atoms with van der Waals surface area (Å²) in [4.78, 5) is 14.7. The van der Waals surface area contributed by atoms with E-state index < -0.39 is 11.7 Å². The smallest absolute Gasteiger partial charge is 0.300 e. The Morgan fingerprint density at radius 2 is 1.92 bits per heavy atom. The highest BCUT2D eigenvalue weighted by molar-refractivity contribution is 5.84. The Bertz CT molecular complexity index is 599. The predicted octanol–water partition coefficient (Wildman–Crippen LogP) is 4.18. The van der Waals surface area contributed by atoms with Crippen LogP contribution in [0, 0.1) is 17.8 Å². The molecule has 0 N–H and O–H groups in total. The van der Waals surface area contributed by atoms with Gasteiger partial charge in [0.15, 0.2) is 0 Å². The molecule has 2 nitrogen and oxygen atoms in total. The van der Waals surface area contributed by atoms with Gasteiger partial charge in [-0.25, -0.2) is 0 Å². The zero-order valence-corrected chi connectivity index (χ0v) is 14.1. The van der Waals surface area contributed by atoms with Crippen molar-refractivity contribution in [2.75, 3.05) is 13.1 Å². The number of piperidine rings is 1. The minimum absolute atomic E-state index is 0.210. The molecule has 24 heavy (non-hydrogen) atoms. The lowest BCUT2D eigenvalue weighted by molar-refractivity contribution is -0.137. The minimum atomic E-state index is -4.31. The number of Topliss-reactive ketones (excluding diaryl/α,β-unsaturated/α-hetero) is 1. The van der Waals surface area contributed by atoms with Gasteiger partial charge in [-0.05, 0) is 50.2 Å². The van der Waals surface area contributed by atoms with Crippen molar-refractivity contribution >= 4 is 5.78 Å². The lowest BCUT2D eigenvalue weighted by Crippen LogP contribution is -2.32. The molecule has 1 saturated carbocycles. The Balaban J connectivity index is 1.44. The van der Waals surface area contributed by atoms with Crippen molar-refractivity contribution in [1.29, 1.82) is 0 Å². The Hall–Kier alpha value is -1.36. The number of rotatable bonds is 6. The topological polar surface area (TPSA) is 20.3 Å². The van der Waals surface area contributed by atoms with Crippen LogP contribution in [0.15, 0.2) is 24.3 Å². The molecule has 2 fully saturated rings. The molecule has 1 saturated heterocycles. The van der Waals surface area contributed by atoms with Crippen LogP contribution in [0.1, 0.15) is 37.8 Å². The number of likely N-dealkylation sites (tertiary alicyclic amines) is 1. The molecular formula is C19H24F3NO. The van der Waals surface area contributed by atoms with Crippen molar-refractivity contribution < 1.29 is 18.0 Å². The van der Waals surface area contributed by atoms with Gasteiger partial charge in [-0.2, -0.15) is 13.2 Å². The van der Waals surface area contributed by atoms with Gasteiger partial charge in [0, 0.05) is 31.5 Å². The van der Waals surface area contributed by atoms with E-state index in [0.29, 0.717) is 48.5 Å². The summed E-state index contributed by atoms with van der Waals surface area (Å²) in [5.74, 6) is 1.56. The Morgan fingerprint density at radius 3 is 2.50 bits per heavy atom. The quantitative estimate of drug-likeness (QED) is 0.775. The number of fused-ring (bicyclic) bond motifs is 1. The molecule has 1 heterocycles. The fourth-order valence-electron chi connectivity index (χ4n) is 3.99. The molecule has 1 aromatic carbocycles. The highest BCUT2D eigenvalue weighted by Gasteiger charge is 2.58. The Labute approximate surface area is 141 Å². The van der Waals surface area contributed by atoms with Gasteiger partial charge in [0.25, 0.3) is 0 Å². The molecule has 0 aromatic heterocycles. The van der Waals surface area contributed by atoms with Crippen LogP contribution in [0.25, 0.3) is 0 Å². The molecule has 5 heteroatoms. The number of nitrogens with zero attached hydrogens (tertiary/aromatic N) is 1. The summed E-state index contributed by atoms with van der Waals surface area (Å²) < 4.78 is 38.1. The number of halogens is 3. The summed E-state index contributed by atoms with van der Waals surface area (Å²) in [6.45, 7) is 6.39. The average molecular weight is 339 g/mol. The van der Waals surface area contributed by atoms with Crippen LogP contribution < -0.4 is 0 Å². The zero-order valence-electron chi connectivity index (χ0n) is 14.1. The van der Waals surface area contributed by atoms with Gasteiger partial charge < -0.3 is 4.90 Å². The first-order chi connectivity index (χ1) is 11.3. The van der Waals surface area contributed by atoms with Gasteiger partial charge in [0.1, 0.15) is 5.78 Å². The van der Waals surface area contributed by atoms with Crippen molar-refractivity contribution in [3.05, 3.63) is 35.4 Å². The standard InChI is InChI=1S/C19H24F3NO/c1-12(2)23-10-15-16(11-23)18(15)17(24)8-4-6-13-5-3-7-14(9-13)19(20,21)22/h3,5,7,9,12,15-16,18H,4,6,8,10-11H2,1-2H3/t15-,16+,18?. The van der Waals surface area contributed by atoms with Crippen LogP contribution in [0.4, 0.5) is 13.2 Å². The third kappa shape index (κ3) is 3.66. The molecule has 2 aliphatic rings. The number of hydrogen-bond acceptors (Lipinski definition) is 2. The molecule has 1 unspecified atom stereocenters. The van der Waals surface area contributed by atoms with Gasteiger partial charge in [-0.1, -0.05) is 18.2 Å². The largest absolute Gasteiger partial charge is 0.416 e. The molecule has 0 radical (unpaired) electrons. The van der Waals surface area contributed by atoms with Crippen molar-refractivity contribution in [3.8, 4) is 0 Å². The second-order valence-corrected chi connectivity index (χ2v) is 7.42. The summed E-state index contributed by atoms with van der Waals surface area (Å²) in [5.41, 5.74) is 0.0384. The summed E-state index contributed by atoms with van der Waals surface area (Å²) in [6, 6.07) is 5.95. The predicted molar refractivity (Wildman–Crippen MR) is 86.6 cm³/mol. The molecule has 3 rings (SSSR count). The van der Waals surface area contributed by atoms with E-state index in [9.17, 15) is 18.0 Å². The van der Waals surface area contributed by atoms with Crippen LogP contribution >= 0.6 is 0 Å². The van der Waals surface area contributed by atoms with E-state index in [4.69, 9.17) is 0 Å². The normalized spacial score (nSPS) is 26.7. The van der Waals surface area contributed by atoms with Crippen molar-refractivity contribution in [2.24, 2.45) is 17.8 Å². The number of hydrogen-bond donors (Lipinski definition) is 0. The fraction of sp³-hybridized carbons (Fsp3) is 0.632. The first-order valence-corrected chi connectivity index (χ1v) is 8.70. The van der Waals surface area contributed by atoms with E-state index in [0.717, 1.165) is 19.2 Å². The van der Waals surface area contributed by atoms with E-state index in [2.05, 4.69) is 18.7 Å². The van der Waals surface area contributed by atoms with E-state index in [1.807, 2.05) is 0 Å². The number of aryl methyl sites for hydroxylation is 1. The molecule has 1 aromatic rings. The second-order valence-electron chi connectivity index (χ2n) is 7.42. The number of alkyl halides is 3. The van der Waals surface area contributed by atoms with E-state index in [1.165, 1.54) is 12.1 Å². The number of ketones is 1. The maximum Gasteiger partial charge on any atom is 0.416 e. The van der Waals surface area contributed by atoms with Crippen LogP contribution in [0.2, 0.25) is 0 Å². The first kappa shape index (κ1) is 17.5. The average Bonchev–Trinajstić information content (AvgIpc) is 3.00. The highest BCUT2D eigenvalue weighted by Crippen LogP contribution is 2.53. The van der Waals surface area contributed by atoms with E-state index in [-0.39, 0.29) is 5.92 Å². The zero-order chi connectivity index (χ0) is 17.5. The highest BCUT2D eigenvalue weighted by atomic mass is 19.4. The summed E-state index contributed by atoms with van der Waals surface area (Å²) in [7, 11) is 0. The van der Waals surface area contributed by atoms with Gasteiger partial charge >= 0.3 is 6.18 Å². The molecule has 1 aliphatic heterocycles. The van der Waals surface area contributed by atoms with Crippen molar-refractivity contribution in [1.82, 2.24) is 4.90 Å². The third-order valence-electron chi connectivity index (χ3n) is 5.47. The number of carbonyl (C=O) groups excluding carboxylic acids is 1. The Morgan fingerprint density at radius 1 is 1.25 bits per heavy atom. The first-order valence-electron chi connectivity index (χ1n) is 8.70. The lowest BCUT2D eigenvalue weighted by atomic mass is 10.0. The molecular weight excluding hydrogens is 315 g/mol. The SMILES string of the molecule is CC(C)N1C[C@@H]2C(C(=O)CCCc3cccc(C(F)(F)F)c3)[C@@H]2C1. The molecule has 1 aliphatic carbocycles. The van der Waals surface area contributed by atoms with Gasteiger partial charge in [-0.3, -0.25) is 4.79 Å². The monoisotopic (exact) mass is 339 g/mol. The maximum absolute atomic E-state index is 12.7. The Kier molecular flexibility index (Phi) is 4.73. The van der Waals surface area contributed by atoms with E-state index in [1.54, 1.807) is 6.07 Å². The molecule has 3 atom stereocenters. The summed E-state index contributed by atoms with van der Waals surface area (Å²) >= 11 is 0.